The summed E-state index contributed by atoms with van der Waals surface area (Å²) < 4.78 is 7.40. The van der Waals surface area contributed by atoms with Crippen LogP contribution in [0.1, 0.15) is 19.4 Å². The molecule has 0 fully saturated rings. The molecule has 3 rings (SSSR count). The Bertz CT molecular complexity index is 1000. The van der Waals surface area contributed by atoms with Gasteiger partial charge >= 0.3 is 0 Å². The number of fused-ring (bicyclic) bond motifs is 1. The number of amides is 1. The number of thioether (sulfide) groups is 1. The summed E-state index contributed by atoms with van der Waals surface area (Å²) >= 11 is 1.36. The molecule has 0 atom stereocenters. The van der Waals surface area contributed by atoms with Crippen LogP contribution in [0, 0.1) is 0 Å². The first-order chi connectivity index (χ1) is 13.6. The molecule has 0 bridgehead atoms. The predicted octanol–water partition coefficient (Wildman–Crippen LogP) is 3.40. The van der Waals surface area contributed by atoms with E-state index in [1.807, 2.05) is 38.1 Å². The SMILES string of the molecule is CCOc1cccc(/C=N\NC(=O)CSc2nc3ccccc3n2CC)c1O. The van der Waals surface area contributed by atoms with Gasteiger partial charge in [0.15, 0.2) is 16.7 Å². The Kier molecular flexibility index (Phi) is 6.54. The van der Waals surface area contributed by atoms with Crippen molar-refractivity contribution in [3.63, 3.8) is 0 Å². The van der Waals surface area contributed by atoms with Gasteiger partial charge in [-0.15, -0.1) is 0 Å². The minimum absolute atomic E-state index is 0.00612. The van der Waals surface area contributed by atoms with Gasteiger partial charge in [-0.25, -0.2) is 10.4 Å². The van der Waals surface area contributed by atoms with Crippen molar-refractivity contribution in [3.8, 4) is 11.5 Å². The highest BCUT2D eigenvalue weighted by Crippen LogP contribution is 2.28. The molecule has 0 radical (unpaired) electrons. The molecule has 2 aromatic carbocycles. The van der Waals surface area contributed by atoms with E-state index in [1.54, 1.807) is 18.2 Å². The second kappa shape index (κ2) is 9.27. The molecule has 0 aliphatic carbocycles. The van der Waals surface area contributed by atoms with Crippen molar-refractivity contribution < 1.29 is 14.6 Å². The number of hydrogen-bond acceptors (Lipinski definition) is 6. The number of carbonyl (C=O) groups excluding carboxylic acids is 1. The third-order valence-corrected chi connectivity index (χ3v) is 4.97. The second-order valence-electron chi connectivity index (χ2n) is 5.84. The average Bonchev–Trinajstić information content (AvgIpc) is 3.07. The van der Waals surface area contributed by atoms with Gasteiger partial charge in [-0.3, -0.25) is 4.79 Å². The standard InChI is InChI=1S/C20H22N4O3S/c1-3-24-16-10-6-5-9-15(16)22-20(24)28-13-18(25)23-21-12-14-8-7-11-17(19(14)26)27-4-2/h5-12,26H,3-4,13H2,1-2H3,(H,23,25)/b21-12-. The minimum Gasteiger partial charge on any atom is -0.504 e. The van der Waals surface area contributed by atoms with Gasteiger partial charge in [-0.2, -0.15) is 5.10 Å². The van der Waals surface area contributed by atoms with Crippen LogP contribution in [-0.4, -0.2) is 39.1 Å². The number of nitrogens with zero attached hydrogens (tertiary/aromatic N) is 3. The van der Waals surface area contributed by atoms with Crippen molar-refractivity contribution in [2.75, 3.05) is 12.4 Å². The molecule has 146 valence electrons. The third kappa shape index (κ3) is 4.45. The highest BCUT2D eigenvalue weighted by Gasteiger charge is 2.11. The molecule has 0 aliphatic heterocycles. The number of hydrazone groups is 1. The Morgan fingerprint density at radius 2 is 2.11 bits per heavy atom. The first-order valence-electron chi connectivity index (χ1n) is 8.98. The van der Waals surface area contributed by atoms with Crippen molar-refractivity contribution in [3.05, 3.63) is 48.0 Å². The van der Waals surface area contributed by atoms with E-state index in [4.69, 9.17) is 4.74 Å². The minimum atomic E-state index is -0.253. The predicted molar refractivity (Wildman–Crippen MR) is 111 cm³/mol. The molecular weight excluding hydrogens is 376 g/mol. The van der Waals surface area contributed by atoms with E-state index in [2.05, 4.69) is 20.1 Å². The Labute approximate surface area is 167 Å². The first kappa shape index (κ1) is 19.8. The van der Waals surface area contributed by atoms with Crippen LogP contribution in [-0.2, 0) is 11.3 Å². The number of carbonyl (C=O) groups is 1. The van der Waals surface area contributed by atoms with E-state index < -0.39 is 0 Å². The first-order valence-corrected chi connectivity index (χ1v) is 9.97. The lowest BCUT2D eigenvalue weighted by Crippen LogP contribution is -2.20. The van der Waals surface area contributed by atoms with Crippen LogP contribution in [0.5, 0.6) is 11.5 Å². The number of benzene rings is 2. The Morgan fingerprint density at radius 1 is 1.29 bits per heavy atom. The van der Waals surface area contributed by atoms with Gasteiger partial charge in [0.25, 0.3) is 5.91 Å². The van der Waals surface area contributed by atoms with E-state index in [9.17, 15) is 9.90 Å². The van der Waals surface area contributed by atoms with Crippen LogP contribution >= 0.6 is 11.8 Å². The molecule has 1 heterocycles. The van der Waals surface area contributed by atoms with Crippen LogP contribution in [0.4, 0.5) is 0 Å². The van der Waals surface area contributed by atoms with E-state index in [0.29, 0.717) is 17.9 Å². The molecule has 7 nitrogen and oxygen atoms in total. The van der Waals surface area contributed by atoms with Crippen LogP contribution in [0.15, 0.2) is 52.7 Å². The summed E-state index contributed by atoms with van der Waals surface area (Å²) in [5.74, 6) is 0.308. The molecule has 0 aliphatic rings. The van der Waals surface area contributed by atoms with Crippen molar-refractivity contribution in [2.45, 2.75) is 25.5 Å². The highest BCUT2D eigenvalue weighted by molar-refractivity contribution is 7.99. The number of aromatic hydroxyl groups is 1. The lowest BCUT2D eigenvalue weighted by atomic mass is 10.2. The largest absolute Gasteiger partial charge is 0.504 e. The second-order valence-corrected chi connectivity index (χ2v) is 6.78. The molecule has 8 heteroatoms. The maximum atomic E-state index is 12.1. The molecule has 0 spiro atoms. The Morgan fingerprint density at radius 3 is 2.89 bits per heavy atom. The zero-order valence-corrected chi connectivity index (χ0v) is 16.6. The normalized spacial score (nSPS) is 11.2. The van der Waals surface area contributed by atoms with E-state index >= 15 is 0 Å². The van der Waals surface area contributed by atoms with Gasteiger partial charge < -0.3 is 14.4 Å². The van der Waals surface area contributed by atoms with E-state index in [1.165, 1.54) is 18.0 Å². The zero-order valence-electron chi connectivity index (χ0n) is 15.8. The maximum absolute atomic E-state index is 12.1. The fourth-order valence-electron chi connectivity index (χ4n) is 2.72. The van der Waals surface area contributed by atoms with E-state index in [0.717, 1.165) is 22.7 Å². The molecule has 1 aromatic heterocycles. The number of phenols is 1. The van der Waals surface area contributed by atoms with Crippen LogP contribution < -0.4 is 10.2 Å². The smallest absolute Gasteiger partial charge is 0.250 e. The molecular formula is C20H22N4O3S. The van der Waals surface area contributed by atoms with Crippen molar-refractivity contribution in [2.24, 2.45) is 5.10 Å². The Hall–Kier alpha value is -3.00. The van der Waals surface area contributed by atoms with Gasteiger partial charge in [0.05, 0.1) is 29.6 Å². The number of aryl methyl sites for hydroxylation is 1. The van der Waals surface area contributed by atoms with Crippen molar-refractivity contribution in [1.29, 1.82) is 0 Å². The summed E-state index contributed by atoms with van der Waals surface area (Å²) in [6.45, 7) is 5.11. The van der Waals surface area contributed by atoms with Crippen molar-refractivity contribution in [1.82, 2.24) is 15.0 Å². The molecule has 0 saturated carbocycles. The molecule has 1 amide bonds. The summed E-state index contributed by atoms with van der Waals surface area (Å²) in [6.07, 6.45) is 1.39. The fourth-order valence-corrected chi connectivity index (χ4v) is 3.59. The van der Waals surface area contributed by atoms with Gasteiger partial charge in [0, 0.05) is 12.1 Å². The van der Waals surface area contributed by atoms with Crippen LogP contribution in [0.3, 0.4) is 0 Å². The van der Waals surface area contributed by atoms with E-state index in [-0.39, 0.29) is 17.4 Å². The van der Waals surface area contributed by atoms with Crippen LogP contribution in [0.2, 0.25) is 0 Å². The topological polar surface area (TPSA) is 88.7 Å². The zero-order chi connectivity index (χ0) is 19.9. The van der Waals surface area contributed by atoms with Gasteiger partial charge in [0.2, 0.25) is 0 Å². The fraction of sp³-hybridized carbons (Fsp3) is 0.250. The molecule has 0 unspecified atom stereocenters. The molecule has 2 N–H and O–H groups in total. The molecule has 28 heavy (non-hydrogen) atoms. The molecule has 3 aromatic rings. The average molecular weight is 398 g/mol. The third-order valence-electron chi connectivity index (χ3n) is 3.99. The van der Waals surface area contributed by atoms with Crippen LogP contribution in [0.25, 0.3) is 11.0 Å². The lowest BCUT2D eigenvalue weighted by molar-refractivity contribution is -0.118. The van der Waals surface area contributed by atoms with Gasteiger partial charge in [-0.05, 0) is 38.1 Å². The number of para-hydroxylation sites is 3. The number of nitrogens with one attached hydrogen (secondary N) is 1. The number of ether oxygens (including phenoxy) is 1. The number of aromatic nitrogens is 2. The molecule has 0 saturated heterocycles. The summed E-state index contributed by atoms with van der Waals surface area (Å²) in [6, 6.07) is 13.0. The van der Waals surface area contributed by atoms with Gasteiger partial charge in [-0.1, -0.05) is 30.0 Å². The Balaban J connectivity index is 1.60. The summed E-state index contributed by atoms with van der Waals surface area (Å²) in [5, 5.41) is 14.8. The highest BCUT2D eigenvalue weighted by atomic mass is 32.2. The summed E-state index contributed by atoms with van der Waals surface area (Å²) in [7, 11) is 0. The maximum Gasteiger partial charge on any atom is 0.250 e. The number of imidazole rings is 1. The van der Waals surface area contributed by atoms with Crippen molar-refractivity contribution >= 4 is 34.9 Å². The lowest BCUT2D eigenvalue weighted by Gasteiger charge is -2.07. The quantitative estimate of drug-likeness (QED) is 0.345. The monoisotopic (exact) mass is 398 g/mol. The van der Waals surface area contributed by atoms with Gasteiger partial charge in [0.1, 0.15) is 0 Å². The number of phenolic OH excluding ortho intramolecular Hbond substituents is 1. The summed E-state index contributed by atoms with van der Waals surface area (Å²) in [5.41, 5.74) is 4.90. The number of rotatable bonds is 8. The summed E-state index contributed by atoms with van der Waals surface area (Å²) in [4.78, 5) is 16.7. The number of hydrogen-bond donors (Lipinski definition) is 2.